The Morgan fingerprint density at radius 1 is 1.07 bits per heavy atom. The van der Waals surface area contributed by atoms with Gasteiger partial charge < -0.3 is 14.6 Å². The summed E-state index contributed by atoms with van der Waals surface area (Å²) in [5.74, 6) is -0.967. The molecule has 1 N–H and O–H groups in total. The second-order valence-corrected chi connectivity index (χ2v) is 7.12. The van der Waals surface area contributed by atoms with E-state index in [-0.39, 0.29) is 6.61 Å². The molecule has 0 saturated heterocycles. The zero-order valence-electron chi connectivity index (χ0n) is 17.2. The van der Waals surface area contributed by atoms with E-state index in [1.807, 2.05) is 49.6 Å². The van der Waals surface area contributed by atoms with Crippen molar-refractivity contribution in [1.82, 2.24) is 4.57 Å². The highest BCUT2D eigenvalue weighted by Gasteiger charge is 2.19. The van der Waals surface area contributed by atoms with Gasteiger partial charge in [0, 0.05) is 22.8 Å². The number of anilines is 1. The molecule has 0 spiro atoms. The molecule has 0 bridgehead atoms. The lowest BCUT2D eigenvalue weighted by Gasteiger charge is -2.11. The van der Waals surface area contributed by atoms with Crippen molar-refractivity contribution < 1.29 is 14.3 Å². The normalized spacial score (nSPS) is 10.3. The Balaban J connectivity index is 1.64. The molecule has 0 aliphatic heterocycles. The van der Waals surface area contributed by atoms with Crippen LogP contribution in [-0.4, -0.2) is 23.1 Å². The highest BCUT2D eigenvalue weighted by atomic mass is 16.5. The van der Waals surface area contributed by atoms with E-state index in [0.717, 1.165) is 28.2 Å². The quantitative estimate of drug-likeness (QED) is 0.626. The van der Waals surface area contributed by atoms with Crippen LogP contribution in [0, 0.1) is 32.1 Å². The number of hydrogen-bond acceptors (Lipinski definition) is 4. The van der Waals surface area contributed by atoms with Gasteiger partial charge in [-0.2, -0.15) is 5.26 Å². The molecule has 0 unspecified atom stereocenters. The van der Waals surface area contributed by atoms with E-state index < -0.39 is 11.9 Å². The Hall–Kier alpha value is -3.85. The van der Waals surface area contributed by atoms with Crippen molar-refractivity contribution in [2.24, 2.45) is 0 Å². The molecule has 0 fully saturated rings. The summed E-state index contributed by atoms with van der Waals surface area (Å²) in [6, 6.07) is 18.8. The SMILES string of the molecule is Cc1cccc(-n2c(C)cc(C(=O)OCC(=O)Nc3ccc(CC#N)cc3)c2C)c1. The molecule has 0 atom stereocenters. The van der Waals surface area contributed by atoms with E-state index in [1.165, 1.54) is 0 Å². The smallest absolute Gasteiger partial charge is 0.340 e. The van der Waals surface area contributed by atoms with Crippen LogP contribution in [0.25, 0.3) is 5.69 Å². The van der Waals surface area contributed by atoms with Gasteiger partial charge in [-0.15, -0.1) is 0 Å². The molecule has 1 heterocycles. The maximum absolute atomic E-state index is 12.6. The van der Waals surface area contributed by atoms with E-state index in [9.17, 15) is 9.59 Å². The number of amides is 1. The summed E-state index contributed by atoms with van der Waals surface area (Å²) in [4.78, 5) is 24.7. The number of aromatic nitrogens is 1. The Morgan fingerprint density at radius 2 is 1.80 bits per heavy atom. The second kappa shape index (κ2) is 9.10. The van der Waals surface area contributed by atoms with E-state index in [1.54, 1.807) is 30.3 Å². The van der Waals surface area contributed by atoms with E-state index >= 15 is 0 Å². The molecule has 1 aromatic heterocycles. The zero-order valence-corrected chi connectivity index (χ0v) is 17.2. The van der Waals surface area contributed by atoms with Gasteiger partial charge in [-0.3, -0.25) is 4.79 Å². The molecule has 0 radical (unpaired) electrons. The maximum Gasteiger partial charge on any atom is 0.340 e. The third-order valence-corrected chi connectivity index (χ3v) is 4.77. The van der Waals surface area contributed by atoms with Crippen LogP contribution in [0.1, 0.15) is 32.9 Å². The zero-order chi connectivity index (χ0) is 21.7. The molecule has 1 amide bonds. The third-order valence-electron chi connectivity index (χ3n) is 4.77. The van der Waals surface area contributed by atoms with Gasteiger partial charge in [-0.1, -0.05) is 24.3 Å². The molecule has 30 heavy (non-hydrogen) atoms. The molecule has 6 heteroatoms. The van der Waals surface area contributed by atoms with Crippen LogP contribution in [0.5, 0.6) is 0 Å². The topological polar surface area (TPSA) is 84.1 Å². The van der Waals surface area contributed by atoms with Crippen LogP contribution < -0.4 is 5.32 Å². The number of rotatable bonds is 6. The molecule has 3 rings (SSSR count). The Bertz CT molecular complexity index is 1120. The molecule has 0 saturated carbocycles. The number of carbonyl (C=O) groups excluding carboxylic acids is 2. The predicted molar refractivity (Wildman–Crippen MR) is 115 cm³/mol. The lowest BCUT2D eigenvalue weighted by Crippen LogP contribution is -2.21. The van der Waals surface area contributed by atoms with Gasteiger partial charge in [0.05, 0.1) is 18.1 Å². The minimum absolute atomic E-state index is 0.312. The Morgan fingerprint density at radius 3 is 2.47 bits per heavy atom. The number of benzene rings is 2. The lowest BCUT2D eigenvalue weighted by atomic mass is 10.1. The molecule has 3 aromatic rings. The average molecular weight is 401 g/mol. The summed E-state index contributed by atoms with van der Waals surface area (Å²) in [5.41, 5.74) is 5.65. The number of ether oxygens (including phenoxy) is 1. The molecule has 6 nitrogen and oxygen atoms in total. The van der Waals surface area contributed by atoms with Gasteiger partial charge in [0.1, 0.15) is 0 Å². The first-order chi connectivity index (χ1) is 14.4. The van der Waals surface area contributed by atoms with Gasteiger partial charge in [0.2, 0.25) is 0 Å². The summed E-state index contributed by atoms with van der Waals surface area (Å²) in [6.45, 7) is 5.42. The standard InChI is InChI=1S/C24H23N3O3/c1-16-5-4-6-21(13-16)27-17(2)14-22(18(27)3)24(29)30-15-23(28)26-20-9-7-19(8-10-20)11-12-25/h4-10,13-14H,11,15H2,1-3H3,(H,26,28). The second-order valence-electron chi connectivity index (χ2n) is 7.12. The van der Waals surface area contributed by atoms with Crippen molar-refractivity contribution in [2.45, 2.75) is 27.2 Å². The number of esters is 1. The molecule has 0 aliphatic rings. The van der Waals surface area contributed by atoms with E-state index in [2.05, 4.69) is 11.4 Å². The maximum atomic E-state index is 12.6. The Labute approximate surface area is 175 Å². The first kappa shape index (κ1) is 20.9. The molecular formula is C24H23N3O3. The highest BCUT2D eigenvalue weighted by Crippen LogP contribution is 2.22. The van der Waals surface area contributed by atoms with Gasteiger partial charge in [0.15, 0.2) is 6.61 Å². The number of nitrogens with one attached hydrogen (secondary N) is 1. The average Bonchev–Trinajstić information content (AvgIpc) is 3.02. The van der Waals surface area contributed by atoms with Gasteiger partial charge in [-0.25, -0.2) is 4.79 Å². The van der Waals surface area contributed by atoms with E-state index in [4.69, 9.17) is 10.00 Å². The minimum atomic E-state index is -0.540. The summed E-state index contributed by atoms with van der Waals surface area (Å²) in [5, 5.41) is 11.4. The van der Waals surface area contributed by atoms with E-state index in [0.29, 0.717) is 17.7 Å². The fourth-order valence-corrected chi connectivity index (χ4v) is 3.34. The van der Waals surface area contributed by atoms with Crippen LogP contribution in [0.2, 0.25) is 0 Å². The lowest BCUT2D eigenvalue weighted by molar-refractivity contribution is -0.119. The summed E-state index contributed by atoms with van der Waals surface area (Å²) >= 11 is 0. The fraction of sp³-hybridized carbons (Fsp3) is 0.208. The van der Waals surface area contributed by atoms with Crippen LogP contribution in [-0.2, 0) is 16.0 Å². The van der Waals surface area contributed by atoms with Gasteiger partial charge in [-0.05, 0) is 62.2 Å². The number of aryl methyl sites for hydroxylation is 2. The predicted octanol–water partition coefficient (Wildman–Crippen LogP) is 4.26. The summed E-state index contributed by atoms with van der Waals surface area (Å²) in [6.07, 6.45) is 0.312. The first-order valence-electron chi connectivity index (χ1n) is 9.58. The molecule has 2 aromatic carbocycles. The van der Waals surface area contributed by atoms with Gasteiger partial charge >= 0.3 is 5.97 Å². The highest BCUT2D eigenvalue weighted by molar-refractivity contribution is 5.96. The van der Waals surface area contributed by atoms with Crippen LogP contribution >= 0.6 is 0 Å². The number of nitrogens with zero attached hydrogens (tertiary/aromatic N) is 2. The largest absolute Gasteiger partial charge is 0.452 e. The number of nitriles is 1. The van der Waals surface area contributed by atoms with Crippen LogP contribution in [0.4, 0.5) is 5.69 Å². The van der Waals surface area contributed by atoms with Crippen LogP contribution in [0.15, 0.2) is 54.6 Å². The van der Waals surface area contributed by atoms with Crippen molar-refractivity contribution in [3.63, 3.8) is 0 Å². The summed E-state index contributed by atoms with van der Waals surface area (Å²) in [7, 11) is 0. The van der Waals surface area contributed by atoms with Crippen LogP contribution in [0.3, 0.4) is 0 Å². The summed E-state index contributed by atoms with van der Waals surface area (Å²) < 4.78 is 7.22. The van der Waals surface area contributed by atoms with Gasteiger partial charge in [0.25, 0.3) is 5.91 Å². The minimum Gasteiger partial charge on any atom is -0.452 e. The van der Waals surface area contributed by atoms with Crippen molar-refractivity contribution >= 4 is 17.6 Å². The van der Waals surface area contributed by atoms with Crippen molar-refractivity contribution in [3.8, 4) is 11.8 Å². The molecule has 152 valence electrons. The van der Waals surface area contributed by atoms with Crippen molar-refractivity contribution in [2.75, 3.05) is 11.9 Å². The van der Waals surface area contributed by atoms with Crippen molar-refractivity contribution in [3.05, 3.63) is 82.7 Å². The molecule has 0 aliphatic carbocycles. The number of hydrogen-bond donors (Lipinski definition) is 1. The Kier molecular flexibility index (Phi) is 6.33. The fourth-order valence-electron chi connectivity index (χ4n) is 3.34. The molecular weight excluding hydrogens is 378 g/mol. The first-order valence-corrected chi connectivity index (χ1v) is 9.58. The van der Waals surface area contributed by atoms with Crippen molar-refractivity contribution in [1.29, 1.82) is 5.26 Å². The monoisotopic (exact) mass is 401 g/mol. The number of carbonyl (C=O) groups is 2. The third kappa shape index (κ3) is 4.76.